The summed E-state index contributed by atoms with van der Waals surface area (Å²) in [5.74, 6) is 0.474. The maximum Gasteiger partial charge on any atom is 0.0728 e. The minimum absolute atomic E-state index is 0.474. The molecular formula is C19H27N3. The van der Waals surface area contributed by atoms with Crippen LogP contribution in [0.2, 0.25) is 0 Å². The molecule has 1 aromatic carbocycles. The Morgan fingerprint density at radius 3 is 2.45 bits per heavy atom. The van der Waals surface area contributed by atoms with E-state index in [1.807, 2.05) is 0 Å². The molecule has 1 fully saturated rings. The van der Waals surface area contributed by atoms with Crippen molar-refractivity contribution in [1.82, 2.24) is 9.88 Å². The fraction of sp³-hybridized carbons (Fsp3) is 0.526. The van der Waals surface area contributed by atoms with E-state index in [9.17, 15) is 0 Å². The molecule has 1 aromatic heterocycles. The third-order valence-electron chi connectivity index (χ3n) is 4.74. The van der Waals surface area contributed by atoms with Gasteiger partial charge in [0.25, 0.3) is 0 Å². The third-order valence-corrected chi connectivity index (χ3v) is 4.74. The van der Waals surface area contributed by atoms with E-state index in [1.165, 1.54) is 22.3 Å². The Bertz CT molecular complexity index is 655. The summed E-state index contributed by atoms with van der Waals surface area (Å²) in [6, 6.07) is 9.09. The highest BCUT2D eigenvalue weighted by atomic mass is 15.2. The van der Waals surface area contributed by atoms with Crippen LogP contribution in [-0.2, 0) is 6.42 Å². The number of aromatic nitrogens is 1. The van der Waals surface area contributed by atoms with Gasteiger partial charge in [-0.3, -0.25) is 4.98 Å². The normalized spacial score (nSPS) is 16.7. The van der Waals surface area contributed by atoms with Gasteiger partial charge in [0.15, 0.2) is 0 Å². The summed E-state index contributed by atoms with van der Waals surface area (Å²) in [5.41, 5.74) is 5.09. The van der Waals surface area contributed by atoms with E-state index in [-0.39, 0.29) is 0 Å². The first-order chi connectivity index (χ1) is 10.6. The number of anilines is 1. The standard InChI is InChI=1S/C19H27N3/c1-5-15-12-18(14(2)3)20-19-13-16(6-7-17(15)19)22-10-8-21(4)9-11-22/h6-7,12-14H,5,8-11H2,1-4H3. The van der Waals surface area contributed by atoms with Crippen LogP contribution in [0.3, 0.4) is 0 Å². The maximum absolute atomic E-state index is 4.92. The zero-order chi connectivity index (χ0) is 15.7. The Morgan fingerprint density at radius 1 is 1.09 bits per heavy atom. The molecule has 0 radical (unpaired) electrons. The fourth-order valence-electron chi connectivity index (χ4n) is 3.16. The molecule has 0 bridgehead atoms. The summed E-state index contributed by atoms with van der Waals surface area (Å²) >= 11 is 0. The zero-order valence-corrected chi connectivity index (χ0v) is 14.3. The van der Waals surface area contributed by atoms with Crippen molar-refractivity contribution in [2.45, 2.75) is 33.1 Å². The van der Waals surface area contributed by atoms with Gasteiger partial charge >= 0.3 is 0 Å². The van der Waals surface area contributed by atoms with Crippen LogP contribution >= 0.6 is 0 Å². The minimum atomic E-state index is 0.474. The molecule has 0 atom stereocenters. The summed E-state index contributed by atoms with van der Waals surface area (Å²) in [6.07, 6.45) is 1.06. The van der Waals surface area contributed by atoms with Gasteiger partial charge < -0.3 is 9.80 Å². The zero-order valence-electron chi connectivity index (χ0n) is 14.3. The van der Waals surface area contributed by atoms with Crippen LogP contribution in [0.1, 0.15) is 37.9 Å². The lowest BCUT2D eigenvalue weighted by molar-refractivity contribution is 0.313. The molecule has 2 aromatic rings. The van der Waals surface area contributed by atoms with Crippen LogP contribution in [0.15, 0.2) is 24.3 Å². The molecule has 0 spiro atoms. The number of piperazine rings is 1. The molecule has 0 amide bonds. The SMILES string of the molecule is CCc1cc(C(C)C)nc2cc(N3CCN(C)CC3)ccc12. The molecular weight excluding hydrogens is 270 g/mol. The molecule has 3 nitrogen and oxygen atoms in total. The number of fused-ring (bicyclic) bond motifs is 1. The van der Waals surface area contributed by atoms with Crippen molar-refractivity contribution in [3.63, 3.8) is 0 Å². The van der Waals surface area contributed by atoms with Crippen LogP contribution < -0.4 is 4.90 Å². The van der Waals surface area contributed by atoms with Crippen LogP contribution in [0.4, 0.5) is 5.69 Å². The molecule has 0 saturated carbocycles. The van der Waals surface area contributed by atoms with Gasteiger partial charge in [-0.15, -0.1) is 0 Å². The Morgan fingerprint density at radius 2 is 1.82 bits per heavy atom. The van der Waals surface area contributed by atoms with Crippen molar-refractivity contribution in [2.24, 2.45) is 0 Å². The Kier molecular flexibility index (Phi) is 4.34. The van der Waals surface area contributed by atoms with Crippen molar-refractivity contribution in [3.8, 4) is 0 Å². The van der Waals surface area contributed by atoms with Crippen LogP contribution in [0, 0.1) is 0 Å². The lowest BCUT2D eigenvalue weighted by Crippen LogP contribution is -2.44. The molecule has 1 saturated heterocycles. The number of rotatable bonds is 3. The third kappa shape index (κ3) is 2.95. The quantitative estimate of drug-likeness (QED) is 0.861. The van der Waals surface area contributed by atoms with E-state index in [1.54, 1.807) is 0 Å². The molecule has 2 heterocycles. The minimum Gasteiger partial charge on any atom is -0.369 e. The average molecular weight is 297 g/mol. The second-order valence-electron chi connectivity index (χ2n) is 6.71. The van der Waals surface area contributed by atoms with Gasteiger partial charge in [-0.25, -0.2) is 0 Å². The Labute approximate surface area is 133 Å². The van der Waals surface area contributed by atoms with Crippen molar-refractivity contribution in [3.05, 3.63) is 35.5 Å². The second kappa shape index (κ2) is 6.25. The topological polar surface area (TPSA) is 19.4 Å². The molecule has 1 aliphatic rings. The molecule has 1 aliphatic heterocycles. The van der Waals surface area contributed by atoms with Crippen molar-refractivity contribution < 1.29 is 0 Å². The number of likely N-dealkylation sites (N-methyl/N-ethyl adjacent to an activating group) is 1. The number of aryl methyl sites for hydroxylation is 1. The van der Waals surface area contributed by atoms with E-state index in [0.29, 0.717) is 5.92 Å². The highest BCUT2D eigenvalue weighted by Crippen LogP contribution is 2.27. The molecule has 0 aliphatic carbocycles. The molecule has 0 N–H and O–H groups in total. The van der Waals surface area contributed by atoms with Crippen LogP contribution in [-0.4, -0.2) is 43.1 Å². The van der Waals surface area contributed by atoms with E-state index in [0.717, 1.165) is 38.1 Å². The van der Waals surface area contributed by atoms with Crippen LogP contribution in [0.5, 0.6) is 0 Å². The number of benzene rings is 1. The Hall–Kier alpha value is -1.61. The lowest BCUT2D eigenvalue weighted by atomic mass is 10.0. The van der Waals surface area contributed by atoms with Gasteiger partial charge in [0, 0.05) is 42.9 Å². The first kappa shape index (κ1) is 15.3. The van der Waals surface area contributed by atoms with Gasteiger partial charge in [0.2, 0.25) is 0 Å². The number of pyridine rings is 1. The predicted octanol–water partition coefficient (Wildman–Crippen LogP) is 3.67. The van der Waals surface area contributed by atoms with Gasteiger partial charge in [-0.2, -0.15) is 0 Å². The van der Waals surface area contributed by atoms with E-state index in [4.69, 9.17) is 4.98 Å². The molecule has 118 valence electrons. The molecule has 3 heteroatoms. The predicted molar refractivity (Wildman–Crippen MR) is 94.9 cm³/mol. The average Bonchev–Trinajstić information content (AvgIpc) is 2.53. The van der Waals surface area contributed by atoms with E-state index < -0.39 is 0 Å². The highest BCUT2D eigenvalue weighted by molar-refractivity contribution is 5.85. The first-order valence-corrected chi connectivity index (χ1v) is 8.45. The summed E-state index contributed by atoms with van der Waals surface area (Å²) < 4.78 is 0. The van der Waals surface area contributed by atoms with Gasteiger partial charge in [-0.1, -0.05) is 26.8 Å². The smallest absolute Gasteiger partial charge is 0.0728 e. The summed E-state index contributed by atoms with van der Waals surface area (Å²) in [4.78, 5) is 9.79. The number of hydrogen-bond acceptors (Lipinski definition) is 3. The summed E-state index contributed by atoms with van der Waals surface area (Å²) in [5, 5.41) is 1.31. The van der Waals surface area contributed by atoms with Gasteiger partial charge in [0.05, 0.1) is 5.52 Å². The van der Waals surface area contributed by atoms with Crippen molar-refractivity contribution in [2.75, 3.05) is 38.1 Å². The van der Waals surface area contributed by atoms with E-state index >= 15 is 0 Å². The fourth-order valence-corrected chi connectivity index (χ4v) is 3.16. The number of nitrogens with zero attached hydrogens (tertiary/aromatic N) is 3. The summed E-state index contributed by atoms with van der Waals surface area (Å²) in [7, 11) is 2.20. The molecule has 0 unspecified atom stereocenters. The van der Waals surface area contributed by atoms with E-state index in [2.05, 4.69) is 61.9 Å². The lowest BCUT2D eigenvalue weighted by Gasteiger charge is -2.34. The second-order valence-corrected chi connectivity index (χ2v) is 6.71. The van der Waals surface area contributed by atoms with Gasteiger partial charge in [-0.05, 0) is 43.1 Å². The Balaban J connectivity index is 2.01. The van der Waals surface area contributed by atoms with Gasteiger partial charge in [0.1, 0.15) is 0 Å². The number of hydrogen-bond donors (Lipinski definition) is 0. The van der Waals surface area contributed by atoms with Crippen molar-refractivity contribution >= 4 is 16.6 Å². The molecule has 22 heavy (non-hydrogen) atoms. The molecule has 3 rings (SSSR count). The monoisotopic (exact) mass is 297 g/mol. The summed E-state index contributed by atoms with van der Waals surface area (Å²) in [6.45, 7) is 11.2. The van der Waals surface area contributed by atoms with Crippen molar-refractivity contribution in [1.29, 1.82) is 0 Å². The highest BCUT2D eigenvalue weighted by Gasteiger charge is 2.15. The largest absolute Gasteiger partial charge is 0.369 e. The van der Waals surface area contributed by atoms with Crippen LogP contribution in [0.25, 0.3) is 10.9 Å². The maximum atomic E-state index is 4.92. The first-order valence-electron chi connectivity index (χ1n) is 8.45.